The summed E-state index contributed by atoms with van der Waals surface area (Å²) in [6.45, 7) is 6.98. The van der Waals surface area contributed by atoms with Gasteiger partial charge in [0.2, 0.25) is 0 Å². The molecule has 22 heavy (non-hydrogen) atoms. The third-order valence-corrected chi connectivity index (χ3v) is 5.19. The van der Waals surface area contributed by atoms with E-state index in [1.165, 1.54) is 11.1 Å². The number of nitrogens with zero attached hydrogens (tertiary/aromatic N) is 1. The van der Waals surface area contributed by atoms with Gasteiger partial charge in [-0.3, -0.25) is 4.90 Å². The number of hydrogen-bond acceptors (Lipinski definition) is 3. The number of rotatable bonds is 5. The Hall–Kier alpha value is -1.16. The van der Waals surface area contributed by atoms with Crippen molar-refractivity contribution >= 4 is 5.57 Å². The number of aliphatic hydroxyl groups is 1. The molecular formula is C19H27NO2. The molecule has 0 radical (unpaired) electrons. The van der Waals surface area contributed by atoms with Crippen molar-refractivity contribution in [2.75, 3.05) is 39.5 Å². The second-order valence-electron chi connectivity index (χ2n) is 6.73. The van der Waals surface area contributed by atoms with Crippen molar-refractivity contribution in [1.82, 2.24) is 4.90 Å². The van der Waals surface area contributed by atoms with Gasteiger partial charge in [0.15, 0.2) is 0 Å². The number of fused-ring (bicyclic) bond motifs is 1. The molecule has 0 aromatic heterocycles. The van der Waals surface area contributed by atoms with E-state index < -0.39 is 0 Å². The van der Waals surface area contributed by atoms with Crippen LogP contribution in [0.5, 0.6) is 0 Å². The van der Waals surface area contributed by atoms with E-state index in [2.05, 4.69) is 48.2 Å². The lowest BCUT2D eigenvalue weighted by molar-refractivity contribution is -0.0559. The third kappa shape index (κ3) is 3.12. The highest BCUT2D eigenvalue weighted by atomic mass is 16.5. The van der Waals surface area contributed by atoms with Crippen LogP contribution in [0.25, 0.3) is 5.57 Å². The number of allylic oxidation sites excluding steroid dienone is 1. The van der Waals surface area contributed by atoms with E-state index in [1.54, 1.807) is 0 Å². The van der Waals surface area contributed by atoms with Crippen molar-refractivity contribution in [3.05, 3.63) is 42.0 Å². The Kier molecular flexibility index (Phi) is 4.97. The van der Waals surface area contributed by atoms with Gasteiger partial charge in [-0.25, -0.2) is 0 Å². The zero-order valence-corrected chi connectivity index (χ0v) is 13.5. The molecule has 2 aliphatic heterocycles. The Morgan fingerprint density at radius 2 is 2.23 bits per heavy atom. The van der Waals surface area contributed by atoms with E-state index in [9.17, 15) is 5.11 Å². The first kappa shape index (κ1) is 15.7. The van der Waals surface area contributed by atoms with E-state index in [0.717, 1.165) is 39.1 Å². The number of likely N-dealkylation sites (tertiary alicyclic amines) is 1. The van der Waals surface area contributed by atoms with Crippen LogP contribution >= 0.6 is 0 Å². The highest BCUT2D eigenvalue weighted by Gasteiger charge is 2.47. The summed E-state index contributed by atoms with van der Waals surface area (Å²) in [4.78, 5) is 2.50. The van der Waals surface area contributed by atoms with Gasteiger partial charge in [0.25, 0.3) is 0 Å². The molecule has 2 heterocycles. The van der Waals surface area contributed by atoms with Gasteiger partial charge in [0.05, 0.1) is 13.2 Å². The summed E-state index contributed by atoms with van der Waals surface area (Å²) in [5.41, 5.74) is 2.68. The second kappa shape index (κ2) is 6.95. The summed E-state index contributed by atoms with van der Waals surface area (Å²) in [6, 6.07) is 10.7. The average molecular weight is 301 g/mol. The number of aliphatic hydroxyl groups excluding tert-OH is 1. The van der Waals surface area contributed by atoms with Gasteiger partial charge in [-0.05, 0) is 29.9 Å². The minimum Gasteiger partial charge on any atom is -0.396 e. The molecule has 0 amide bonds. The first-order valence-electron chi connectivity index (χ1n) is 8.43. The fourth-order valence-electron chi connectivity index (χ4n) is 3.96. The highest BCUT2D eigenvalue weighted by molar-refractivity contribution is 5.66. The lowest BCUT2D eigenvalue weighted by Crippen LogP contribution is -2.43. The monoisotopic (exact) mass is 301 g/mol. The fourth-order valence-corrected chi connectivity index (χ4v) is 3.96. The zero-order chi connectivity index (χ0) is 15.4. The minimum atomic E-state index is -0.0355. The molecule has 1 N–H and O–H groups in total. The number of hydrogen-bond donors (Lipinski definition) is 1. The molecule has 3 nitrogen and oxygen atoms in total. The van der Waals surface area contributed by atoms with Gasteiger partial charge in [-0.1, -0.05) is 43.3 Å². The largest absolute Gasteiger partial charge is 0.396 e. The highest BCUT2D eigenvalue weighted by Crippen LogP contribution is 2.41. The van der Waals surface area contributed by atoms with Gasteiger partial charge in [-0.15, -0.1) is 0 Å². The summed E-state index contributed by atoms with van der Waals surface area (Å²) >= 11 is 0. The Labute approximate surface area is 133 Å². The maximum Gasteiger partial charge on any atom is 0.0559 e. The Morgan fingerprint density at radius 3 is 2.91 bits per heavy atom. The normalized spacial score (nSPS) is 29.5. The summed E-state index contributed by atoms with van der Waals surface area (Å²) in [5.74, 6) is 0.574. The number of ether oxygens (including phenoxy) is 1. The topological polar surface area (TPSA) is 32.7 Å². The molecule has 1 aromatic rings. The van der Waals surface area contributed by atoms with Crippen molar-refractivity contribution in [2.45, 2.75) is 19.8 Å². The van der Waals surface area contributed by atoms with Gasteiger partial charge in [0, 0.05) is 31.7 Å². The summed E-state index contributed by atoms with van der Waals surface area (Å²) in [6.07, 6.45) is 4.46. The molecule has 3 rings (SSSR count). The second-order valence-corrected chi connectivity index (χ2v) is 6.73. The van der Waals surface area contributed by atoms with Crippen molar-refractivity contribution in [2.24, 2.45) is 11.3 Å². The first-order chi connectivity index (χ1) is 10.8. The van der Waals surface area contributed by atoms with Crippen molar-refractivity contribution in [3.63, 3.8) is 0 Å². The van der Waals surface area contributed by atoms with Gasteiger partial charge in [0.1, 0.15) is 0 Å². The molecule has 1 aromatic carbocycles. The molecular weight excluding hydrogens is 274 g/mol. The van der Waals surface area contributed by atoms with E-state index in [-0.39, 0.29) is 12.0 Å². The quantitative estimate of drug-likeness (QED) is 0.908. The molecule has 2 fully saturated rings. The van der Waals surface area contributed by atoms with Crippen LogP contribution in [0.3, 0.4) is 0 Å². The summed E-state index contributed by atoms with van der Waals surface area (Å²) in [5, 5.41) is 9.90. The molecule has 3 heteroatoms. The standard InChI is InChI=1S/C19H27NO2/c1-2-6-17(16-7-4-3-5-8-16)11-20-12-18-9-10-22-15-19(18,13-20)14-21/h3-8,18,21H,2,9-15H2,1H3/t18-,19+/m0/s1. The van der Waals surface area contributed by atoms with E-state index in [4.69, 9.17) is 4.74 Å². The maximum absolute atomic E-state index is 9.90. The van der Waals surface area contributed by atoms with Crippen LogP contribution in [0.15, 0.2) is 36.4 Å². The van der Waals surface area contributed by atoms with Gasteiger partial charge in [-0.2, -0.15) is 0 Å². The van der Waals surface area contributed by atoms with Crippen LogP contribution in [-0.2, 0) is 4.74 Å². The predicted molar refractivity (Wildman–Crippen MR) is 89.6 cm³/mol. The molecule has 2 atom stereocenters. The van der Waals surface area contributed by atoms with Crippen LogP contribution in [0.2, 0.25) is 0 Å². The van der Waals surface area contributed by atoms with Gasteiger partial charge < -0.3 is 9.84 Å². The Bertz CT molecular complexity index is 513. The van der Waals surface area contributed by atoms with E-state index in [1.807, 2.05) is 0 Å². The minimum absolute atomic E-state index is 0.0355. The molecule has 0 bridgehead atoms. The van der Waals surface area contributed by atoms with Crippen LogP contribution in [0.4, 0.5) is 0 Å². The summed E-state index contributed by atoms with van der Waals surface area (Å²) in [7, 11) is 0. The van der Waals surface area contributed by atoms with Crippen molar-refractivity contribution in [1.29, 1.82) is 0 Å². The predicted octanol–water partition coefficient (Wildman–Crippen LogP) is 2.81. The zero-order valence-electron chi connectivity index (χ0n) is 13.5. The van der Waals surface area contributed by atoms with E-state index in [0.29, 0.717) is 12.5 Å². The van der Waals surface area contributed by atoms with Crippen LogP contribution in [0.1, 0.15) is 25.3 Å². The van der Waals surface area contributed by atoms with Crippen LogP contribution in [-0.4, -0.2) is 49.5 Å². The Balaban J connectivity index is 1.73. The summed E-state index contributed by atoms with van der Waals surface area (Å²) < 4.78 is 5.66. The molecule has 120 valence electrons. The van der Waals surface area contributed by atoms with Crippen LogP contribution < -0.4 is 0 Å². The fraction of sp³-hybridized carbons (Fsp3) is 0.579. The van der Waals surface area contributed by atoms with Crippen LogP contribution in [0, 0.1) is 11.3 Å². The van der Waals surface area contributed by atoms with E-state index >= 15 is 0 Å². The third-order valence-electron chi connectivity index (χ3n) is 5.19. The average Bonchev–Trinajstić information content (AvgIpc) is 2.94. The maximum atomic E-state index is 9.90. The van der Waals surface area contributed by atoms with Gasteiger partial charge >= 0.3 is 0 Å². The van der Waals surface area contributed by atoms with Crippen molar-refractivity contribution in [3.8, 4) is 0 Å². The smallest absolute Gasteiger partial charge is 0.0559 e. The molecule has 0 spiro atoms. The Morgan fingerprint density at radius 1 is 1.41 bits per heavy atom. The molecule has 0 unspecified atom stereocenters. The lowest BCUT2D eigenvalue weighted by Gasteiger charge is -2.36. The van der Waals surface area contributed by atoms with Crippen molar-refractivity contribution < 1.29 is 9.84 Å². The lowest BCUT2D eigenvalue weighted by atomic mass is 9.76. The SMILES string of the molecule is CCC=C(CN1C[C@@H]2CCOC[C@]2(CO)C1)c1ccccc1. The molecule has 0 saturated carbocycles. The molecule has 2 aliphatic rings. The molecule has 2 saturated heterocycles. The molecule has 0 aliphatic carbocycles. The number of benzene rings is 1. The first-order valence-corrected chi connectivity index (χ1v) is 8.43.